The van der Waals surface area contributed by atoms with E-state index in [9.17, 15) is 27.9 Å². The van der Waals surface area contributed by atoms with Crippen molar-refractivity contribution in [3.05, 3.63) is 23.9 Å². The highest BCUT2D eigenvalue weighted by Crippen LogP contribution is 2.63. The van der Waals surface area contributed by atoms with Crippen molar-refractivity contribution in [3.63, 3.8) is 0 Å². The van der Waals surface area contributed by atoms with Crippen LogP contribution in [0.2, 0.25) is 0 Å². The van der Waals surface area contributed by atoms with Gasteiger partial charge in [-0.25, -0.2) is 9.78 Å². The standard InChI is InChI=1S/C22H26F3N3O4/c23-22(24,25)14-1-2-16(27-10-14)32-15-3-4-28(20(30)31)18(15)17-12-5-11-6-13(17)9-21(7-11,8-12)19(26)29/h1-2,10-13,15,17-18H,3-9H2,(H2,26,29)(H,30,31)/t11?,12-,13?,15+,17?,18?,21?/m0/s1. The van der Waals surface area contributed by atoms with Gasteiger partial charge in [0.2, 0.25) is 11.8 Å². The average Bonchev–Trinajstić information content (AvgIpc) is 3.10. The van der Waals surface area contributed by atoms with E-state index in [1.807, 2.05) is 0 Å². The molecule has 7 nitrogen and oxygen atoms in total. The van der Waals surface area contributed by atoms with Crippen molar-refractivity contribution in [2.75, 3.05) is 6.54 Å². The predicted octanol–water partition coefficient (Wildman–Crippen LogP) is 3.53. The number of ether oxygens (including phenoxy) is 1. The van der Waals surface area contributed by atoms with Crippen molar-refractivity contribution in [1.29, 1.82) is 0 Å². The first-order valence-corrected chi connectivity index (χ1v) is 11.1. The lowest BCUT2D eigenvalue weighted by Crippen LogP contribution is -2.61. The predicted molar refractivity (Wildman–Crippen MR) is 105 cm³/mol. The molecule has 2 heterocycles. The van der Waals surface area contributed by atoms with Crippen LogP contribution in [-0.2, 0) is 11.0 Å². The van der Waals surface area contributed by atoms with Crippen LogP contribution < -0.4 is 10.5 Å². The van der Waals surface area contributed by atoms with Gasteiger partial charge >= 0.3 is 12.3 Å². The minimum absolute atomic E-state index is 0.0390. The molecular formula is C22H26F3N3O4. The second-order valence-corrected chi connectivity index (χ2v) is 9.99. The molecule has 5 unspecified atom stereocenters. The van der Waals surface area contributed by atoms with E-state index in [-0.39, 0.29) is 29.5 Å². The van der Waals surface area contributed by atoms with Crippen molar-refractivity contribution in [3.8, 4) is 5.88 Å². The van der Waals surface area contributed by atoms with Crippen LogP contribution >= 0.6 is 0 Å². The number of carboxylic acid groups (broad SMARTS) is 1. The molecule has 0 aromatic carbocycles. The Morgan fingerprint density at radius 3 is 2.41 bits per heavy atom. The van der Waals surface area contributed by atoms with Crippen LogP contribution in [-0.4, -0.2) is 45.7 Å². The minimum Gasteiger partial charge on any atom is -0.472 e. The van der Waals surface area contributed by atoms with Gasteiger partial charge in [0.05, 0.1) is 11.6 Å². The van der Waals surface area contributed by atoms with E-state index >= 15 is 0 Å². The molecule has 3 N–H and O–H groups in total. The number of carbonyl (C=O) groups is 2. The topological polar surface area (TPSA) is 106 Å². The molecule has 10 heteroatoms. The molecule has 4 bridgehead atoms. The Labute approximate surface area is 183 Å². The highest BCUT2D eigenvalue weighted by molar-refractivity contribution is 5.81. The molecule has 174 valence electrons. The van der Waals surface area contributed by atoms with Gasteiger partial charge in [-0.1, -0.05) is 0 Å². The molecule has 0 radical (unpaired) electrons. The largest absolute Gasteiger partial charge is 0.472 e. The molecule has 5 aliphatic rings. The number of hydrogen-bond donors (Lipinski definition) is 2. The number of halogens is 3. The smallest absolute Gasteiger partial charge is 0.417 e. The first-order valence-electron chi connectivity index (χ1n) is 11.1. The molecule has 2 amide bonds. The van der Waals surface area contributed by atoms with E-state index in [0.29, 0.717) is 31.7 Å². The highest BCUT2D eigenvalue weighted by Gasteiger charge is 2.61. The summed E-state index contributed by atoms with van der Waals surface area (Å²) in [4.78, 5) is 29.5. The molecule has 6 rings (SSSR count). The van der Waals surface area contributed by atoms with Crippen LogP contribution in [0.1, 0.15) is 44.1 Å². The number of nitrogens with zero attached hydrogens (tertiary/aromatic N) is 2. The molecule has 4 saturated carbocycles. The maximum absolute atomic E-state index is 12.8. The summed E-state index contributed by atoms with van der Waals surface area (Å²) in [6.45, 7) is 0.297. The minimum atomic E-state index is -4.49. The van der Waals surface area contributed by atoms with E-state index in [0.717, 1.165) is 31.5 Å². The summed E-state index contributed by atoms with van der Waals surface area (Å²) < 4.78 is 44.5. The molecule has 0 spiro atoms. The summed E-state index contributed by atoms with van der Waals surface area (Å²) in [6.07, 6.45) is -0.764. The van der Waals surface area contributed by atoms with E-state index < -0.39 is 35.4 Å². The fourth-order valence-corrected chi connectivity index (χ4v) is 7.29. The molecule has 5 fully saturated rings. The van der Waals surface area contributed by atoms with Crippen molar-refractivity contribution >= 4 is 12.0 Å². The van der Waals surface area contributed by atoms with E-state index in [2.05, 4.69) is 4.98 Å². The molecule has 1 aromatic rings. The number of carbonyl (C=O) groups excluding carboxylic acids is 1. The van der Waals surface area contributed by atoms with Crippen molar-refractivity contribution in [1.82, 2.24) is 9.88 Å². The molecule has 32 heavy (non-hydrogen) atoms. The number of alkyl halides is 3. The lowest BCUT2D eigenvalue weighted by atomic mass is 9.44. The number of pyridine rings is 1. The quantitative estimate of drug-likeness (QED) is 0.726. The Kier molecular flexibility index (Phi) is 4.83. The fraction of sp³-hybridized carbons (Fsp3) is 0.682. The lowest BCUT2D eigenvalue weighted by molar-refractivity contribution is -0.156. The van der Waals surface area contributed by atoms with Gasteiger partial charge in [-0.05, 0) is 61.8 Å². The van der Waals surface area contributed by atoms with Crippen molar-refractivity contribution in [2.45, 2.75) is 56.8 Å². The van der Waals surface area contributed by atoms with Gasteiger partial charge in [0.15, 0.2) is 0 Å². The maximum Gasteiger partial charge on any atom is 0.417 e. The van der Waals surface area contributed by atoms with E-state index in [1.54, 1.807) is 0 Å². The third kappa shape index (κ3) is 3.38. The maximum atomic E-state index is 12.8. The van der Waals surface area contributed by atoms with Crippen LogP contribution in [0.25, 0.3) is 0 Å². The molecule has 7 atom stereocenters. The second-order valence-electron chi connectivity index (χ2n) is 9.99. The van der Waals surface area contributed by atoms with Gasteiger partial charge in [-0.15, -0.1) is 0 Å². The van der Waals surface area contributed by atoms with Crippen molar-refractivity contribution in [2.24, 2.45) is 34.8 Å². The summed E-state index contributed by atoms with van der Waals surface area (Å²) in [7, 11) is 0. The number of primary amides is 1. The lowest BCUT2D eigenvalue weighted by Gasteiger charge is -2.60. The fourth-order valence-electron chi connectivity index (χ4n) is 7.29. The first-order chi connectivity index (χ1) is 15.1. The zero-order valence-corrected chi connectivity index (χ0v) is 17.4. The van der Waals surface area contributed by atoms with Crippen LogP contribution in [0.4, 0.5) is 18.0 Å². The third-order valence-electron chi connectivity index (χ3n) is 8.24. The number of likely N-dealkylation sites (tertiary alicyclic amines) is 1. The van der Waals surface area contributed by atoms with Gasteiger partial charge in [0.1, 0.15) is 6.10 Å². The molecule has 1 aromatic heterocycles. The van der Waals surface area contributed by atoms with E-state index in [4.69, 9.17) is 10.5 Å². The third-order valence-corrected chi connectivity index (χ3v) is 8.24. The highest BCUT2D eigenvalue weighted by atomic mass is 19.4. The molecule has 1 saturated heterocycles. The zero-order chi connectivity index (χ0) is 22.8. The Morgan fingerprint density at radius 2 is 1.88 bits per heavy atom. The SMILES string of the molecule is NC(=O)C12CC3CC(C1)C(C1[C@H](Oc4ccc(C(F)(F)F)cn4)CCN1C(=O)O)[C@@H](C3)C2. The Bertz CT molecular complexity index is 906. The molecule has 1 aliphatic heterocycles. The van der Waals surface area contributed by atoms with Crippen LogP contribution in [0, 0.1) is 29.1 Å². The average molecular weight is 453 g/mol. The summed E-state index contributed by atoms with van der Waals surface area (Å²) in [5, 5.41) is 9.84. The van der Waals surface area contributed by atoms with Crippen LogP contribution in [0.3, 0.4) is 0 Å². The Hall–Kier alpha value is -2.52. The van der Waals surface area contributed by atoms with Gasteiger partial charge in [-0.3, -0.25) is 4.79 Å². The number of hydrogen-bond acceptors (Lipinski definition) is 4. The second kappa shape index (κ2) is 7.25. The van der Waals surface area contributed by atoms with Gasteiger partial charge in [0.25, 0.3) is 0 Å². The number of aromatic nitrogens is 1. The van der Waals surface area contributed by atoms with Gasteiger partial charge < -0.3 is 20.5 Å². The number of amides is 2. The number of rotatable bonds is 4. The van der Waals surface area contributed by atoms with E-state index in [1.165, 1.54) is 11.0 Å². The summed E-state index contributed by atoms with van der Waals surface area (Å²) in [5.41, 5.74) is 4.44. The summed E-state index contributed by atoms with van der Waals surface area (Å²) >= 11 is 0. The van der Waals surface area contributed by atoms with Crippen molar-refractivity contribution < 1.29 is 32.6 Å². The molecular weight excluding hydrogens is 427 g/mol. The monoisotopic (exact) mass is 453 g/mol. The van der Waals surface area contributed by atoms with Crippen LogP contribution in [0.5, 0.6) is 5.88 Å². The summed E-state index contributed by atoms with van der Waals surface area (Å²) in [6, 6.07) is 1.68. The molecule has 4 aliphatic carbocycles. The Balaban J connectivity index is 1.40. The van der Waals surface area contributed by atoms with Gasteiger partial charge in [-0.2, -0.15) is 13.2 Å². The van der Waals surface area contributed by atoms with Crippen LogP contribution in [0.15, 0.2) is 18.3 Å². The number of nitrogens with two attached hydrogens (primary N) is 1. The zero-order valence-electron chi connectivity index (χ0n) is 17.4. The van der Waals surface area contributed by atoms with Gasteiger partial charge in [0, 0.05) is 30.6 Å². The normalized spacial score (nSPS) is 38.2. The first kappa shape index (κ1) is 21.3. The Morgan fingerprint density at radius 1 is 1.19 bits per heavy atom. The summed E-state index contributed by atoms with van der Waals surface area (Å²) in [5.74, 6) is 0.649.